The third kappa shape index (κ3) is 3.78. The van der Waals surface area contributed by atoms with E-state index in [0.29, 0.717) is 5.02 Å². The standard InChI is InChI=1S/C10H11ClN2O3/c11-7-3-1-6(2-4-7)5-8(9(14)15)13-10(12)16/h1-4,8H,5H2,(H,14,15)(H3,12,13,16)/t8-/m0/s1. The van der Waals surface area contributed by atoms with Crippen LogP contribution in [-0.2, 0) is 11.2 Å². The maximum Gasteiger partial charge on any atom is 0.326 e. The van der Waals surface area contributed by atoms with Crippen molar-refractivity contribution in [3.05, 3.63) is 34.9 Å². The van der Waals surface area contributed by atoms with Gasteiger partial charge in [0.15, 0.2) is 0 Å². The number of nitrogens with two attached hydrogens (primary N) is 1. The molecule has 1 rings (SSSR count). The maximum atomic E-state index is 10.8. The number of aliphatic carboxylic acids is 1. The molecule has 0 aromatic heterocycles. The Balaban J connectivity index is 2.71. The van der Waals surface area contributed by atoms with Crippen molar-refractivity contribution >= 4 is 23.6 Å². The Morgan fingerprint density at radius 1 is 1.38 bits per heavy atom. The van der Waals surface area contributed by atoms with Gasteiger partial charge in [-0.15, -0.1) is 0 Å². The Morgan fingerprint density at radius 3 is 2.38 bits per heavy atom. The van der Waals surface area contributed by atoms with Crippen LogP contribution in [0.5, 0.6) is 0 Å². The van der Waals surface area contributed by atoms with E-state index in [1.54, 1.807) is 24.3 Å². The van der Waals surface area contributed by atoms with E-state index in [4.69, 9.17) is 22.4 Å². The molecule has 5 nitrogen and oxygen atoms in total. The van der Waals surface area contributed by atoms with Gasteiger partial charge in [0.25, 0.3) is 0 Å². The van der Waals surface area contributed by atoms with Gasteiger partial charge in [0.2, 0.25) is 0 Å². The quantitative estimate of drug-likeness (QED) is 0.736. The number of urea groups is 1. The highest BCUT2D eigenvalue weighted by Gasteiger charge is 2.18. The lowest BCUT2D eigenvalue weighted by molar-refractivity contribution is -0.139. The minimum Gasteiger partial charge on any atom is -0.480 e. The zero-order valence-corrected chi connectivity index (χ0v) is 9.07. The molecule has 1 aromatic rings. The third-order valence-corrected chi connectivity index (χ3v) is 2.22. The molecule has 0 unspecified atom stereocenters. The zero-order valence-electron chi connectivity index (χ0n) is 8.31. The van der Waals surface area contributed by atoms with Crippen LogP contribution in [0, 0.1) is 0 Å². The largest absolute Gasteiger partial charge is 0.480 e. The number of carboxylic acid groups (broad SMARTS) is 1. The van der Waals surface area contributed by atoms with E-state index in [-0.39, 0.29) is 6.42 Å². The molecule has 0 spiro atoms. The summed E-state index contributed by atoms with van der Waals surface area (Å²) in [6.07, 6.45) is 0.162. The number of carboxylic acids is 1. The first-order valence-electron chi connectivity index (χ1n) is 4.52. The number of nitrogens with one attached hydrogen (secondary N) is 1. The summed E-state index contributed by atoms with van der Waals surface area (Å²) in [6, 6.07) is 4.81. The van der Waals surface area contributed by atoms with Crippen molar-refractivity contribution in [2.45, 2.75) is 12.5 Å². The van der Waals surface area contributed by atoms with Crippen molar-refractivity contribution in [1.29, 1.82) is 0 Å². The van der Waals surface area contributed by atoms with Gasteiger partial charge in [-0.25, -0.2) is 9.59 Å². The number of rotatable bonds is 4. The Kier molecular flexibility index (Phi) is 4.13. The minimum atomic E-state index is -1.13. The first-order valence-corrected chi connectivity index (χ1v) is 4.90. The van der Waals surface area contributed by atoms with Crippen LogP contribution in [0.15, 0.2) is 24.3 Å². The summed E-state index contributed by atoms with van der Waals surface area (Å²) in [7, 11) is 0. The van der Waals surface area contributed by atoms with Crippen LogP contribution in [0.3, 0.4) is 0 Å². The Labute approximate surface area is 97.2 Å². The predicted molar refractivity (Wildman–Crippen MR) is 59.3 cm³/mol. The topological polar surface area (TPSA) is 92.4 Å². The van der Waals surface area contributed by atoms with Gasteiger partial charge < -0.3 is 16.2 Å². The molecule has 0 saturated heterocycles. The second-order valence-corrected chi connectivity index (χ2v) is 3.67. The second-order valence-electron chi connectivity index (χ2n) is 3.23. The molecule has 6 heteroatoms. The highest BCUT2D eigenvalue weighted by atomic mass is 35.5. The van der Waals surface area contributed by atoms with E-state index < -0.39 is 18.0 Å². The average molecular weight is 243 g/mol. The summed E-state index contributed by atoms with van der Waals surface area (Å²) in [6.45, 7) is 0. The lowest BCUT2D eigenvalue weighted by Gasteiger charge is -2.12. The molecule has 86 valence electrons. The number of carbonyl (C=O) groups excluding carboxylic acids is 1. The fraction of sp³-hybridized carbons (Fsp3) is 0.200. The Hall–Kier alpha value is -1.75. The van der Waals surface area contributed by atoms with Crippen molar-refractivity contribution in [2.24, 2.45) is 5.73 Å². The second kappa shape index (κ2) is 5.37. The molecule has 0 saturated carbocycles. The molecule has 0 aliphatic heterocycles. The fourth-order valence-corrected chi connectivity index (χ4v) is 1.35. The number of halogens is 1. The van der Waals surface area contributed by atoms with E-state index in [9.17, 15) is 9.59 Å². The zero-order chi connectivity index (χ0) is 12.1. The molecule has 0 heterocycles. The molecule has 0 aliphatic carbocycles. The first kappa shape index (κ1) is 12.3. The summed E-state index contributed by atoms with van der Waals surface area (Å²) in [4.78, 5) is 21.4. The van der Waals surface area contributed by atoms with E-state index in [0.717, 1.165) is 5.56 Å². The maximum absolute atomic E-state index is 10.8. The van der Waals surface area contributed by atoms with E-state index >= 15 is 0 Å². The van der Waals surface area contributed by atoms with E-state index in [2.05, 4.69) is 5.32 Å². The van der Waals surface area contributed by atoms with Crippen molar-refractivity contribution in [3.63, 3.8) is 0 Å². The molecule has 4 N–H and O–H groups in total. The number of benzene rings is 1. The monoisotopic (exact) mass is 242 g/mol. The molecule has 1 atom stereocenters. The molecule has 16 heavy (non-hydrogen) atoms. The van der Waals surface area contributed by atoms with E-state index in [1.165, 1.54) is 0 Å². The minimum absolute atomic E-state index is 0.162. The normalized spacial score (nSPS) is 11.8. The lowest BCUT2D eigenvalue weighted by Crippen LogP contribution is -2.44. The summed E-state index contributed by atoms with van der Waals surface area (Å²) in [5, 5.41) is 11.6. The molecule has 0 bridgehead atoms. The van der Waals surface area contributed by atoms with Gasteiger partial charge in [0.05, 0.1) is 0 Å². The third-order valence-electron chi connectivity index (χ3n) is 1.97. The highest BCUT2D eigenvalue weighted by Crippen LogP contribution is 2.11. The SMILES string of the molecule is NC(=O)N[C@@H](Cc1ccc(Cl)cc1)C(=O)O. The fourth-order valence-electron chi connectivity index (χ4n) is 1.23. The molecule has 0 aliphatic rings. The summed E-state index contributed by atoms with van der Waals surface area (Å²) >= 11 is 5.69. The van der Waals surface area contributed by atoms with Gasteiger partial charge in [-0.05, 0) is 17.7 Å². The average Bonchev–Trinajstić information content (AvgIpc) is 2.19. The number of amides is 2. The molecular weight excluding hydrogens is 232 g/mol. The number of hydrogen-bond acceptors (Lipinski definition) is 2. The van der Waals surface area contributed by atoms with Crippen LogP contribution in [0.25, 0.3) is 0 Å². The van der Waals surface area contributed by atoms with Crippen LogP contribution < -0.4 is 11.1 Å². The number of hydrogen-bond donors (Lipinski definition) is 3. The van der Waals surface area contributed by atoms with Gasteiger partial charge in [0, 0.05) is 11.4 Å². The van der Waals surface area contributed by atoms with Crippen LogP contribution in [0.2, 0.25) is 5.02 Å². The molecule has 0 radical (unpaired) electrons. The van der Waals surface area contributed by atoms with Gasteiger partial charge >= 0.3 is 12.0 Å². The van der Waals surface area contributed by atoms with Crippen LogP contribution in [0.1, 0.15) is 5.56 Å². The summed E-state index contributed by atoms with van der Waals surface area (Å²) < 4.78 is 0. The predicted octanol–water partition coefficient (Wildman–Crippen LogP) is 1.00. The number of primary amides is 1. The Morgan fingerprint density at radius 2 is 1.94 bits per heavy atom. The molecule has 1 aromatic carbocycles. The van der Waals surface area contributed by atoms with Gasteiger partial charge in [-0.2, -0.15) is 0 Å². The van der Waals surface area contributed by atoms with Crippen molar-refractivity contribution in [1.82, 2.24) is 5.32 Å². The summed E-state index contributed by atoms with van der Waals surface area (Å²) in [5.41, 5.74) is 5.63. The number of carbonyl (C=O) groups is 2. The van der Waals surface area contributed by atoms with Crippen molar-refractivity contribution < 1.29 is 14.7 Å². The van der Waals surface area contributed by atoms with Crippen molar-refractivity contribution in [2.75, 3.05) is 0 Å². The molecule has 2 amide bonds. The molecule has 0 fully saturated rings. The van der Waals surface area contributed by atoms with Gasteiger partial charge in [-0.3, -0.25) is 0 Å². The first-order chi connectivity index (χ1) is 7.49. The van der Waals surface area contributed by atoms with Crippen LogP contribution >= 0.6 is 11.6 Å². The van der Waals surface area contributed by atoms with E-state index in [1.807, 2.05) is 0 Å². The lowest BCUT2D eigenvalue weighted by atomic mass is 10.1. The summed E-state index contributed by atoms with van der Waals surface area (Å²) in [5.74, 6) is -1.13. The van der Waals surface area contributed by atoms with Gasteiger partial charge in [0.1, 0.15) is 6.04 Å². The Bertz CT molecular complexity index is 392. The van der Waals surface area contributed by atoms with Crippen LogP contribution in [0.4, 0.5) is 4.79 Å². The van der Waals surface area contributed by atoms with Gasteiger partial charge in [-0.1, -0.05) is 23.7 Å². The van der Waals surface area contributed by atoms with Crippen molar-refractivity contribution in [3.8, 4) is 0 Å². The van der Waals surface area contributed by atoms with Crippen LogP contribution in [-0.4, -0.2) is 23.1 Å². The smallest absolute Gasteiger partial charge is 0.326 e. The highest BCUT2D eigenvalue weighted by molar-refractivity contribution is 6.30. The molecular formula is C10H11ClN2O3.